The van der Waals surface area contributed by atoms with E-state index < -0.39 is 17.7 Å². The highest BCUT2D eigenvalue weighted by Gasteiger charge is 2.25. The predicted octanol–water partition coefficient (Wildman–Crippen LogP) is 1.31. The number of hydrogen-bond acceptors (Lipinski definition) is 3. The molecule has 1 aliphatic rings. The minimum absolute atomic E-state index is 0.340. The maximum atomic E-state index is 12.3. The molecule has 6 nitrogen and oxygen atoms in total. The summed E-state index contributed by atoms with van der Waals surface area (Å²) in [6.45, 7) is 0.951. The summed E-state index contributed by atoms with van der Waals surface area (Å²) in [6, 6.07) is 14.0. The maximum Gasteiger partial charge on any atom is 0.313 e. The first-order valence-corrected chi connectivity index (χ1v) is 7.61. The lowest BCUT2D eigenvalue weighted by Crippen LogP contribution is -2.42. The Balaban J connectivity index is 1.65. The van der Waals surface area contributed by atoms with E-state index in [9.17, 15) is 14.4 Å². The summed E-state index contributed by atoms with van der Waals surface area (Å²) in [5, 5.41) is 2.55. The predicted molar refractivity (Wildman–Crippen MR) is 89.2 cm³/mol. The smallest absolute Gasteiger partial charge is 0.313 e. The summed E-state index contributed by atoms with van der Waals surface area (Å²) in [5.74, 6) is -1.80. The SMILES string of the molecule is NC(=O)c1ccc(NC(=O)C(=O)N2CCc3ccccc3C2)cc1. The van der Waals surface area contributed by atoms with Crippen molar-refractivity contribution in [1.29, 1.82) is 0 Å². The molecule has 24 heavy (non-hydrogen) atoms. The lowest BCUT2D eigenvalue weighted by Gasteiger charge is -2.28. The van der Waals surface area contributed by atoms with Gasteiger partial charge in [0.25, 0.3) is 0 Å². The second-order valence-electron chi connectivity index (χ2n) is 5.64. The minimum atomic E-state index is -0.693. The lowest BCUT2D eigenvalue weighted by atomic mass is 10.00. The van der Waals surface area contributed by atoms with Crippen LogP contribution in [0.5, 0.6) is 0 Å². The van der Waals surface area contributed by atoms with Crippen LogP contribution in [0.25, 0.3) is 0 Å². The molecular formula is C18H17N3O3. The van der Waals surface area contributed by atoms with Crippen LogP contribution in [-0.2, 0) is 22.6 Å². The quantitative estimate of drug-likeness (QED) is 0.816. The van der Waals surface area contributed by atoms with Gasteiger partial charge in [0, 0.05) is 24.3 Å². The number of amides is 3. The van der Waals surface area contributed by atoms with Crippen LogP contribution in [0.1, 0.15) is 21.5 Å². The molecular weight excluding hydrogens is 306 g/mol. The maximum absolute atomic E-state index is 12.3. The molecule has 3 amide bonds. The van der Waals surface area contributed by atoms with E-state index in [1.165, 1.54) is 34.7 Å². The van der Waals surface area contributed by atoms with Crippen LogP contribution in [-0.4, -0.2) is 29.2 Å². The number of nitrogens with two attached hydrogens (primary N) is 1. The van der Waals surface area contributed by atoms with Gasteiger partial charge in [0.05, 0.1) is 0 Å². The Morgan fingerprint density at radius 2 is 1.62 bits per heavy atom. The number of fused-ring (bicyclic) bond motifs is 1. The molecule has 3 N–H and O–H groups in total. The molecule has 2 aromatic carbocycles. The molecule has 0 atom stereocenters. The molecule has 0 bridgehead atoms. The van der Waals surface area contributed by atoms with Crippen LogP contribution in [0.2, 0.25) is 0 Å². The number of carbonyl (C=O) groups excluding carboxylic acids is 3. The molecule has 0 radical (unpaired) electrons. The Bertz CT molecular complexity index is 799. The van der Waals surface area contributed by atoms with E-state index in [0.717, 1.165) is 12.0 Å². The molecule has 2 aromatic rings. The molecule has 6 heteroatoms. The van der Waals surface area contributed by atoms with E-state index in [1.807, 2.05) is 24.3 Å². The fraction of sp³-hybridized carbons (Fsp3) is 0.167. The van der Waals surface area contributed by atoms with Crippen molar-refractivity contribution in [3.05, 3.63) is 65.2 Å². The van der Waals surface area contributed by atoms with Crippen molar-refractivity contribution in [1.82, 2.24) is 4.90 Å². The zero-order valence-corrected chi connectivity index (χ0v) is 13.0. The van der Waals surface area contributed by atoms with Crippen molar-refractivity contribution >= 4 is 23.4 Å². The number of primary amides is 1. The molecule has 0 unspecified atom stereocenters. The van der Waals surface area contributed by atoms with Gasteiger partial charge < -0.3 is 16.0 Å². The van der Waals surface area contributed by atoms with E-state index >= 15 is 0 Å². The number of anilines is 1. The molecule has 0 fully saturated rings. The third-order valence-corrected chi connectivity index (χ3v) is 4.04. The van der Waals surface area contributed by atoms with E-state index in [0.29, 0.717) is 24.3 Å². The Labute approximate surface area is 139 Å². The molecule has 122 valence electrons. The summed E-state index contributed by atoms with van der Waals surface area (Å²) in [4.78, 5) is 37.0. The van der Waals surface area contributed by atoms with Crippen LogP contribution in [0.4, 0.5) is 5.69 Å². The highest BCUT2D eigenvalue weighted by molar-refractivity contribution is 6.39. The van der Waals surface area contributed by atoms with Crippen molar-refractivity contribution in [3.8, 4) is 0 Å². The van der Waals surface area contributed by atoms with Crippen molar-refractivity contribution in [2.75, 3.05) is 11.9 Å². The van der Waals surface area contributed by atoms with Crippen LogP contribution in [0.15, 0.2) is 48.5 Å². The number of nitrogens with zero attached hydrogens (tertiary/aromatic N) is 1. The van der Waals surface area contributed by atoms with Crippen LogP contribution < -0.4 is 11.1 Å². The van der Waals surface area contributed by atoms with E-state index in [4.69, 9.17) is 5.73 Å². The van der Waals surface area contributed by atoms with Crippen LogP contribution in [0, 0.1) is 0 Å². The van der Waals surface area contributed by atoms with Crippen molar-refractivity contribution in [3.63, 3.8) is 0 Å². The van der Waals surface area contributed by atoms with Gasteiger partial charge in [-0.15, -0.1) is 0 Å². The van der Waals surface area contributed by atoms with Gasteiger partial charge in [0.2, 0.25) is 5.91 Å². The zero-order valence-electron chi connectivity index (χ0n) is 13.0. The van der Waals surface area contributed by atoms with Gasteiger partial charge in [-0.2, -0.15) is 0 Å². The molecule has 3 rings (SSSR count). The molecule has 1 aliphatic heterocycles. The van der Waals surface area contributed by atoms with Gasteiger partial charge in [-0.3, -0.25) is 14.4 Å². The van der Waals surface area contributed by atoms with Gasteiger partial charge in [-0.25, -0.2) is 0 Å². The van der Waals surface area contributed by atoms with Crippen molar-refractivity contribution < 1.29 is 14.4 Å². The van der Waals surface area contributed by atoms with E-state index in [1.54, 1.807) is 0 Å². The largest absolute Gasteiger partial charge is 0.366 e. The van der Waals surface area contributed by atoms with Gasteiger partial charge in [-0.1, -0.05) is 24.3 Å². The fourth-order valence-electron chi connectivity index (χ4n) is 2.72. The zero-order chi connectivity index (χ0) is 17.1. The molecule has 0 saturated heterocycles. The van der Waals surface area contributed by atoms with Gasteiger partial charge >= 0.3 is 11.8 Å². The Hall–Kier alpha value is -3.15. The normalized spacial score (nSPS) is 13.1. The topological polar surface area (TPSA) is 92.5 Å². The van der Waals surface area contributed by atoms with Gasteiger partial charge in [0.15, 0.2) is 0 Å². The van der Waals surface area contributed by atoms with Crippen LogP contribution >= 0.6 is 0 Å². The molecule has 0 aliphatic carbocycles. The number of carbonyl (C=O) groups is 3. The van der Waals surface area contributed by atoms with E-state index in [2.05, 4.69) is 5.32 Å². The molecule has 0 aromatic heterocycles. The minimum Gasteiger partial charge on any atom is -0.366 e. The van der Waals surface area contributed by atoms with Gasteiger partial charge in [-0.05, 0) is 41.8 Å². The molecule has 1 heterocycles. The first kappa shape index (κ1) is 15.7. The average molecular weight is 323 g/mol. The summed E-state index contributed by atoms with van der Waals surface area (Å²) < 4.78 is 0. The second-order valence-corrected chi connectivity index (χ2v) is 5.64. The lowest BCUT2D eigenvalue weighted by molar-refractivity contribution is -0.143. The standard InChI is InChI=1S/C18H17N3O3/c19-16(22)13-5-7-15(8-6-13)20-17(23)18(24)21-10-9-12-3-1-2-4-14(12)11-21/h1-8H,9-11H2,(H2,19,22)(H,20,23). The number of benzene rings is 2. The summed E-state index contributed by atoms with van der Waals surface area (Å²) in [7, 11) is 0. The van der Waals surface area contributed by atoms with Crippen molar-refractivity contribution in [2.45, 2.75) is 13.0 Å². The summed E-state index contributed by atoms with van der Waals surface area (Å²) >= 11 is 0. The van der Waals surface area contributed by atoms with Crippen molar-refractivity contribution in [2.24, 2.45) is 5.73 Å². The molecule has 0 saturated carbocycles. The number of nitrogens with one attached hydrogen (secondary N) is 1. The van der Waals surface area contributed by atoms with E-state index in [-0.39, 0.29) is 0 Å². The summed E-state index contributed by atoms with van der Waals surface area (Å²) in [5.41, 5.74) is 8.22. The average Bonchev–Trinajstić information content (AvgIpc) is 2.61. The Kier molecular flexibility index (Phi) is 4.29. The van der Waals surface area contributed by atoms with Gasteiger partial charge in [0.1, 0.15) is 0 Å². The first-order valence-electron chi connectivity index (χ1n) is 7.61. The number of hydrogen-bond donors (Lipinski definition) is 2. The third kappa shape index (κ3) is 3.27. The van der Waals surface area contributed by atoms with Crippen LogP contribution in [0.3, 0.4) is 0 Å². The summed E-state index contributed by atoms with van der Waals surface area (Å²) in [6.07, 6.45) is 0.739. The Morgan fingerprint density at radius 1 is 0.958 bits per heavy atom. The highest BCUT2D eigenvalue weighted by Crippen LogP contribution is 2.19. The third-order valence-electron chi connectivity index (χ3n) is 4.04. The second kappa shape index (κ2) is 6.54. The fourth-order valence-corrected chi connectivity index (χ4v) is 2.72. The monoisotopic (exact) mass is 323 g/mol. The Morgan fingerprint density at radius 3 is 2.29 bits per heavy atom. The highest BCUT2D eigenvalue weighted by atomic mass is 16.2. The molecule has 0 spiro atoms. The number of rotatable bonds is 2. The first-order chi connectivity index (χ1) is 11.5.